The summed E-state index contributed by atoms with van der Waals surface area (Å²) in [6.45, 7) is 3.88. The van der Waals surface area contributed by atoms with E-state index in [0.717, 1.165) is 44.0 Å². The summed E-state index contributed by atoms with van der Waals surface area (Å²) in [4.78, 5) is 35.4. The number of benzene rings is 4. The van der Waals surface area contributed by atoms with E-state index < -0.39 is 12.3 Å². The lowest BCUT2D eigenvalue weighted by Crippen LogP contribution is -2.38. The van der Waals surface area contributed by atoms with Crippen LogP contribution >= 0.6 is 11.8 Å². The first-order valence-corrected chi connectivity index (χ1v) is 16.9. The van der Waals surface area contributed by atoms with Gasteiger partial charge in [0.25, 0.3) is 0 Å². The Kier molecular flexibility index (Phi) is 12.0. The van der Waals surface area contributed by atoms with E-state index in [9.17, 15) is 19.5 Å². The minimum Gasteiger partial charge on any atom is -0.481 e. The van der Waals surface area contributed by atoms with Crippen molar-refractivity contribution in [3.8, 4) is 11.1 Å². The molecule has 4 aromatic rings. The van der Waals surface area contributed by atoms with Crippen LogP contribution in [0.2, 0.25) is 0 Å². The number of carbonyl (C=O) groups excluding carboxylic acids is 2. The minimum atomic E-state index is -1.00. The van der Waals surface area contributed by atoms with Crippen LogP contribution in [0.25, 0.3) is 11.1 Å². The Balaban J connectivity index is 1.33. The first-order valence-electron chi connectivity index (χ1n) is 15.9. The van der Waals surface area contributed by atoms with E-state index >= 15 is 0 Å². The largest absolute Gasteiger partial charge is 0.481 e. The number of rotatable bonds is 13. The van der Waals surface area contributed by atoms with Gasteiger partial charge in [-0.25, -0.2) is 0 Å². The van der Waals surface area contributed by atoms with Crippen molar-refractivity contribution in [3.05, 3.63) is 119 Å². The quantitative estimate of drug-likeness (QED) is 0.114. The van der Waals surface area contributed by atoms with E-state index in [0.29, 0.717) is 5.75 Å². The molecule has 0 radical (unpaired) electrons. The molecule has 5 rings (SSSR count). The zero-order chi connectivity index (χ0) is 34.0. The van der Waals surface area contributed by atoms with Crippen LogP contribution in [-0.2, 0) is 37.0 Å². The van der Waals surface area contributed by atoms with Gasteiger partial charge in [0.2, 0.25) is 11.8 Å². The molecule has 4 unspecified atom stereocenters. The van der Waals surface area contributed by atoms with Gasteiger partial charge < -0.3 is 30.3 Å². The molecular weight excluding hydrogens is 628 g/mol. The molecule has 0 aliphatic carbocycles. The Bertz CT molecular complexity index is 1690. The number of ether oxygens (including phenoxy) is 2. The van der Waals surface area contributed by atoms with Gasteiger partial charge in [-0.2, -0.15) is 0 Å². The number of aliphatic carboxylic acids is 1. The molecule has 48 heavy (non-hydrogen) atoms. The van der Waals surface area contributed by atoms with Crippen molar-refractivity contribution in [1.29, 1.82) is 0 Å². The zero-order valence-electron chi connectivity index (χ0n) is 26.9. The number of thioether (sulfide) groups is 1. The third-order valence-corrected chi connectivity index (χ3v) is 9.37. The second kappa shape index (κ2) is 16.6. The molecule has 10 heteroatoms. The number of hydrogen-bond donors (Lipinski definition) is 4. The van der Waals surface area contributed by atoms with Gasteiger partial charge in [-0.3, -0.25) is 14.4 Å². The van der Waals surface area contributed by atoms with Gasteiger partial charge in [0.1, 0.15) is 0 Å². The van der Waals surface area contributed by atoms with E-state index in [1.165, 1.54) is 6.92 Å². The van der Waals surface area contributed by atoms with Gasteiger partial charge in [-0.1, -0.05) is 79.7 Å². The topological polar surface area (TPSA) is 134 Å². The molecule has 4 N–H and O–H groups in total. The van der Waals surface area contributed by atoms with E-state index in [1.807, 2.05) is 97.1 Å². The second-order valence-corrected chi connectivity index (χ2v) is 12.9. The van der Waals surface area contributed by atoms with Crippen LogP contribution in [-0.4, -0.2) is 39.9 Å². The Hall–Kier alpha value is -4.48. The van der Waals surface area contributed by atoms with Crippen molar-refractivity contribution < 1.29 is 34.1 Å². The number of nitrogens with one attached hydrogen (secondary N) is 2. The molecule has 0 spiro atoms. The third kappa shape index (κ3) is 9.32. The number of amides is 2. The van der Waals surface area contributed by atoms with E-state index in [4.69, 9.17) is 14.6 Å². The van der Waals surface area contributed by atoms with Gasteiger partial charge in [0, 0.05) is 47.7 Å². The monoisotopic (exact) mass is 668 g/mol. The number of carbonyl (C=O) groups is 3. The van der Waals surface area contributed by atoms with Gasteiger partial charge in [0.15, 0.2) is 6.29 Å². The molecule has 1 fully saturated rings. The van der Waals surface area contributed by atoms with Crippen LogP contribution in [0.1, 0.15) is 61.3 Å². The van der Waals surface area contributed by atoms with Gasteiger partial charge in [0.05, 0.1) is 25.2 Å². The van der Waals surface area contributed by atoms with Crippen LogP contribution in [0.15, 0.2) is 102 Å². The SMILES string of the molecule is CC(=O)Nc1ccc(SCC2OC(c3ccc(-c4ccccc4CNC(=O)CCC(=O)O)cc3)OC(c3ccc(CO)cc3)C2C)cc1. The molecule has 1 saturated heterocycles. The summed E-state index contributed by atoms with van der Waals surface area (Å²) < 4.78 is 13.3. The molecule has 9 nitrogen and oxygen atoms in total. The molecule has 250 valence electrons. The first kappa shape index (κ1) is 34.8. The normalized spacial score (nSPS) is 19.0. The fraction of sp³-hybridized carbons (Fsp3) is 0.289. The highest BCUT2D eigenvalue weighted by molar-refractivity contribution is 7.99. The average molecular weight is 669 g/mol. The molecule has 4 atom stereocenters. The lowest BCUT2D eigenvalue weighted by atomic mass is 9.91. The molecule has 0 aromatic heterocycles. The summed E-state index contributed by atoms with van der Waals surface area (Å²) in [5, 5.41) is 24.0. The fourth-order valence-corrected chi connectivity index (χ4v) is 6.67. The lowest BCUT2D eigenvalue weighted by Gasteiger charge is -2.41. The van der Waals surface area contributed by atoms with E-state index in [-0.39, 0.29) is 55.9 Å². The summed E-state index contributed by atoms with van der Waals surface area (Å²) >= 11 is 1.69. The lowest BCUT2D eigenvalue weighted by molar-refractivity contribution is -0.268. The van der Waals surface area contributed by atoms with Crippen molar-refractivity contribution >= 4 is 35.2 Å². The molecular formula is C38H40N2O7S. The Morgan fingerprint density at radius 2 is 1.52 bits per heavy atom. The summed E-state index contributed by atoms with van der Waals surface area (Å²) in [6, 6.07) is 31.4. The van der Waals surface area contributed by atoms with Crippen LogP contribution in [0.5, 0.6) is 0 Å². The molecule has 0 saturated carbocycles. The summed E-state index contributed by atoms with van der Waals surface area (Å²) in [6.07, 6.45) is -1.27. The molecule has 1 aliphatic rings. The van der Waals surface area contributed by atoms with E-state index in [1.54, 1.807) is 11.8 Å². The predicted octanol–water partition coefficient (Wildman–Crippen LogP) is 6.87. The smallest absolute Gasteiger partial charge is 0.303 e. The van der Waals surface area contributed by atoms with Gasteiger partial charge in [-0.05, 0) is 52.1 Å². The molecule has 1 aliphatic heterocycles. The highest BCUT2D eigenvalue weighted by Gasteiger charge is 2.38. The molecule has 4 aromatic carbocycles. The van der Waals surface area contributed by atoms with Gasteiger partial charge >= 0.3 is 5.97 Å². The Morgan fingerprint density at radius 1 is 0.833 bits per heavy atom. The van der Waals surface area contributed by atoms with Gasteiger partial charge in [-0.15, -0.1) is 11.8 Å². The Labute approximate surface area is 284 Å². The summed E-state index contributed by atoms with van der Waals surface area (Å²) in [5.41, 5.74) is 6.31. The fourth-order valence-electron chi connectivity index (χ4n) is 5.60. The predicted molar refractivity (Wildman–Crippen MR) is 185 cm³/mol. The van der Waals surface area contributed by atoms with Crippen molar-refractivity contribution in [1.82, 2.24) is 5.32 Å². The van der Waals surface area contributed by atoms with E-state index in [2.05, 4.69) is 17.6 Å². The number of aliphatic hydroxyl groups excluding tert-OH is 1. The maximum absolute atomic E-state index is 12.1. The van der Waals surface area contributed by atoms with Crippen LogP contribution in [0, 0.1) is 5.92 Å². The van der Waals surface area contributed by atoms with Crippen molar-refractivity contribution in [2.75, 3.05) is 11.1 Å². The molecule has 0 bridgehead atoms. The first-order chi connectivity index (χ1) is 23.2. The average Bonchev–Trinajstić information content (AvgIpc) is 3.10. The second-order valence-electron chi connectivity index (χ2n) is 11.8. The maximum Gasteiger partial charge on any atom is 0.303 e. The number of carboxylic acid groups (broad SMARTS) is 1. The molecule has 1 heterocycles. The van der Waals surface area contributed by atoms with Crippen molar-refractivity contribution in [3.63, 3.8) is 0 Å². The number of anilines is 1. The minimum absolute atomic E-state index is 0.0281. The van der Waals surface area contributed by atoms with Crippen LogP contribution < -0.4 is 10.6 Å². The highest BCUT2D eigenvalue weighted by atomic mass is 32.2. The van der Waals surface area contributed by atoms with Crippen LogP contribution in [0.3, 0.4) is 0 Å². The summed E-state index contributed by atoms with van der Waals surface area (Å²) in [5.74, 6) is -0.700. The maximum atomic E-state index is 12.1. The zero-order valence-corrected chi connectivity index (χ0v) is 27.7. The molecule has 2 amide bonds. The van der Waals surface area contributed by atoms with Crippen molar-refractivity contribution in [2.24, 2.45) is 5.92 Å². The van der Waals surface area contributed by atoms with Crippen LogP contribution in [0.4, 0.5) is 5.69 Å². The standard InChI is InChI=1S/C38H40N2O7S/c1-24-34(23-48-32-17-15-31(16-18-32)40-25(2)42)46-38(47-37(24)28-9-7-26(22-41)8-10-28)29-13-11-27(12-14-29)33-6-4-3-5-30(33)21-39-35(43)19-20-36(44)45/h3-18,24,34,37-38,41H,19-23H2,1-2H3,(H,39,43)(H,40,42)(H,44,45). The summed E-state index contributed by atoms with van der Waals surface area (Å²) in [7, 11) is 0. The third-order valence-electron chi connectivity index (χ3n) is 8.27. The number of carboxylic acids is 1. The highest BCUT2D eigenvalue weighted by Crippen LogP contribution is 2.43. The Morgan fingerprint density at radius 3 is 2.19 bits per heavy atom. The number of aliphatic hydroxyl groups is 1. The number of hydrogen-bond acceptors (Lipinski definition) is 7. The van der Waals surface area contributed by atoms with Crippen molar-refractivity contribution in [2.45, 2.75) is 63.2 Å².